The SMILES string of the molecule is Fc1ccc(OCc2ccccc2)c(C2CCN(C3COC4(C3)CN(c3nnco3)C4)CC2)c1.Oc1ccc(F)cc1C1CCN(C2COC3(C2)CN(c2nnco2)C3)CC1. The Kier molecular flexibility index (Phi) is 11.1. The third-order valence-electron chi connectivity index (χ3n) is 13.7. The van der Waals surface area contributed by atoms with Crippen molar-refractivity contribution in [1.82, 2.24) is 30.2 Å². The fourth-order valence-electron chi connectivity index (χ4n) is 10.4. The average molecular weight is 839 g/mol. The van der Waals surface area contributed by atoms with Crippen molar-refractivity contribution in [3.8, 4) is 11.5 Å². The minimum atomic E-state index is -0.285. The van der Waals surface area contributed by atoms with E-state index in [2.05, 4.69) is 35.1 Å². The molecule has 2 spiro atoms. The molecule has 16 heteroatoms. The van der Waals surface area contributed by atoms with Crippen LogP contribution in [0.15, 0.2) is 88.4 Å². The molecule has 6 saturated heterocycles. The van der Waals surface area contributed by atoms with Gasteiger partial charge in [0.15, 0.2) is 0 Å². The van der Waals surface area contributed by atoms with Gasteiger partial charge in [-0.15, -0.1) is 10.2 Å². The van der Waals surface area contributed by atoms with Gasteiger partial charge in [0, 0.05) is 17.6 Å². The number of aromatic nitrogens is 4. The van der Waals surface area contributed by atoms with E-state index in [9.17, 15) is 13.9 Å². The zero-order chi connectivity index (χ0) is 41.4. The van der Waals surface area contributed by atoms with Crippen molar-refractivity contribution in [2.45, 2.75) is 80.3 Å². The first kappa shape index (κ1) is 39.9. The molecular formula is C45H52F2N8O6. The molecule has 1 N–H and O–H groups in total. The lowest BCUT2D eigenvalue weighted by atomic mass is 9.86. The molecule has 0 amide bonds. The second kappa shape index (κ2) is 17.0. The van der Waals surface area contributed by atoms with Crippen molar-refractivity contribution in [3.05, 3.63) is 108 Å². The highest BCUT2D eigenvalue weighted by Crippen LogP contribution is 2.43. The van der Waals surface area contributed by atoms with Crippen LogP contribution in [0.4, 0.5) is 20.8 Å². The van der Waals surface area contributed by atoms with Crippen molar-refractivity contribution in [1.29, 1.82) is 0 Å². The first-order valence-corrected chi connectivity index (χ1v) is 21.5. The topological polar surface area (TPSA) is 139 Å². The van der Waals surface area contributed by atoms with Gasteiger partial charge >= 0.3 is 12.0 Å². The Hall–Kier alpha value is -5.16. The lowest BCUT2D eigenvalue weighted by Gasteiger charge is -2.46. The zero-order valence-corrected chi connectivity index (χ0v) is 34.2. The molecule has 14 nitrogen and oxygen atoms in total. The maximum absolute atomic E-state index is 14.2. The molecule has 0 aliphatic carbocycles. The molecule has 2 atom stereocenters. The van der Waals surface area contributed by atoms with Gasteiger partial charge in [0.05, 0.1) is 39.4 Å². The molecular weight excluding hydrogens is 787 g/mol. The zero-order valence-electron chi connectivity index (χ0n) is 34.2. The normalized spacial score (nSPS) is 24.1. The monoisotopic (exact) mass is 838 g/mol. The van der Waals surface area contributed by atoms with Crippen LogP contribution >= 0.6 is 0 Å². The third kappa shape index (κ3) is 8.55. The molecule has 3 aromatic carbocycles. The third-order valence-corrected chi connectivity index (χ3v) is 13.7. The standard InChI is InChI=1S/C26H29FN4O3.C19H23FN4O3/c27-21-6-7-24(32-14-19-4-2-1-3-5-19)23(12-21)20-8-10-30(11-9-20)22-13-26(34-15-22)16-31(17-26)25-29-28-18-33-25;20-14-1-2-17(25)16(7-14)13-3-5-23(6-4-13)15-8-19(27-9-15)10-24(11-19)18-22-21-12-26-18/h1-7,12,18,20,22H,8-11,13-17H2;1-2,7,12-13,15,25H,3-6,8-11H2. The Morgan fingerprint density at radius 3 is 1.69 bits per heavy atom. The highest BCUT2D eigenvalue weighted by Gasteiger charge is 2.53. The van der Waals surface area contributed by atoms with Gasteiger partial charge in [-0.05, 0) is 124 Å². The fourth-order valence-corrected chi connectivity index (χ4v) is 10.4. The molecule has 322 valence electrons. The number of aromatic hydroxyl groups is 1. The highest BCUT2D eigenvalue weighted by atomic mass is 19.1. The smallest absolute Gasteiger partial charge is 0.318 e. The molecule has 61 heavy (non-hydrogen) atoms. The van der Waals surface area contributed by atoms with Crippen LogP contribution in [0.5, 0.6) is 11.5 Å². The van der Waals surface area contributed by atoms with E-state index in [1.165, 1.54) is 37.1 Å². The lowest BCUT2D eigenvalue weighted by Crippen LogP contribution is -2.62. The molecule has 6 fully saturated rings. The summed E-state index contributed by atoms with van der Waals surface area (Å²) in [5.74, 6) is 1.02. The number of hydrogen-bond donors (Lipinski definition) is 1. The number of rotatable bonds is 9. The molecule has 6 aliphatic heterocycles. The van der Waals surface area contributed by atoms with Crippen molar-refractivity contribution in [2.24, 2.45) is 0 Å². The van der Waals surface area contributed by atoms with E-state index in [0.717, 1.165) is 127 Å². The minimum absolute atomic E-state index is 0.100. The number of phenolic OH excluding ortho intramolecular Hbond substituents is 1. The summed E-state index contributed by atoms with van der Waals surface area (Å²) in [5, 5.41) is 25.5. The molecule has 2 aromatic heterocycles. The van der Waals surface area contributed by atoms with Gasteiger partial charge in [-0.1, -0.05) is 40.5 Å². The quantitative estimate of drug-likeness (QED) is 0.181. The van der Waals surface area contributed by atoms with Crippen molar-refractivity contribution in [3.63, 3.8) is 0 Å². The first-order chi connectivity index (χ1) is 29.8. The number of anilines is 2. The van der Waals surface area contributed by atoms with Gasteiger partial charge in [-0.2, -0.15) is 0 Å². The molecule has 11 rings (SSSR count). The van der Waals surface area contributed by atoms with Gasteiger partial charge < -0.3 is 38.0 Å². The van der Waals surface area contributed by atoms with Crippen LogP contribution in [-0.4, -0.2) is 124 Å². The Labute approximate surface area is 353 Å². The summed E-state index contributed by atoms with van der Waals surface area (Å²) in [6.45, 7) is 9.02. The maximum Gasteiger partial charge on any atom is 0.318 e. The predicted octanol–water partition coefficient (Wildman–Crippen LogP) is 6.16. The molecule has 0 saturated carbocycles. The maximum atomic E-state index is 14.2. The number of ether oxygens (including phenoxy) is 3. The summed E-state index contributed by atoms with van der Waals surface area (Å²) in [7, 11) is 0. The first-order valence-electron chi connectivity index (χ1n) is 21.5. The molecule has 8 heterocycles. The Morgan fingerprint density at radius 2 is 1.16 bits per heavy atom. The second-order valence-electron chi connectivity index (χ2n) is 17.6. The van der Waals surface area contributed by atoms with Gasteiger partial charge in [0.25, 0.3) is 0 Å². The van der Waals surface area contributed by atoms with E-state index in [1.54, 1.807) is 12.1 Å². The van der Waals surface area contributed by atoms with Crippen LogP contribution in [-0.2, 0) is 16.1 Å². The van der Waals surface area contributed by atoms with Crippen molar-refractivity contribution in [2.75, 3.05) is 75.4 Å². The number of hydrogen-bond acceptors (Lipinski definition) is 14. The van der Waals surface area contributed by atoms with E-state index in [4.69, 9.17) is 23.0 Å². The van der Waals surface area contributed by atoms with Crippen LogP contribution in [0.2, 0.25) is 0 Å². The fraction of sp³-hybridized carbons (Fsp3) is 0.511. The van der Waals surface area contributed by atoms with E-state index < -0.39 is 0 Å². The summed E-state index contributed by atoms with van der Waals surface area (Å²) >= 11 is 0. The summed E-state index contributed by atoms with van der Waals surface area (Å²) in [5.41, 5.74) is 2.64. The van der Waals surface area contributed by atoms with Crippen LogP contribution in [0, 0.1) is 11.6 Å². The van der Waals surface area contributed by atoms with Crippen LogP contribution < -0.4 is 14.5 Å². The predicted molar refractivity (Wildman–Crippen MR) is 220 cm³/mol. The number of piperidine rings is 2. The van der Waals surface area contributed by atoms with Crippen LogP contribution in [0.1, 0.15) is 67.1 Å². The average Bonchev–Trinajstić information content (AvgIpc) is 4.12. The molecule has 5 aromatic rings. The summed E-state index contributed by atoms with van der Waals surface area (Å²) in [6, 6.07) is 21.2. The second-order valence-corrected chi connectivity index (χ2v) is 17.6. The summed E-state index contributed by atoms with van der Waals surface area (Å²) < 4.78 is 56.8. The Balaban J connectivity index is 0.000000150. The van der Waals surface area contributed by atoms with E-state index >= 15 is 0 Å². The van der Waals surface area contributed by atoms with Crippen LogP contribution in [0.25, 0.3) is 0 Å². The molecule has 6 aliphatic rings. The van der Waals surface area contributed by atoms with Crippen molar-refractivity contribution < 1.29 is 36.9 Å². The largest absolute Gasteiger partial charge is 0.508 e. The Bertz CT molecular complexity index is 2210. The molecule has 0 radical (unpaired) electrons. The number of benzene rings is 3. The van der Waals surface area contributed by atoms with Gasteiger partial charge in [-0.25, -0.2) is 8.78 Å². The van der Waals surface area contributed by atoms with E-state index in [0.29, 0.717) is 36.6 Å². The molecule has 0 bridgehead atoms. The minimum Gasteiger partial charge on any atom is -0.508 e. The van der Waals surface area contributed by atoms with Gasteiger partial charge in [0.1, 0.15) is 40.9 Å². The highest BCUT2D eigenvalue weighted by molar-refractivity contribution is 5.39. The molecule has 2 unspecified atom stereocenters. The van der Waals surface area contributed by atoms with Crippen LogP contribution in [0.3, 0.4) is 0 Å². The lowest BCUT2D eigenvalue weighted by molar-refractivity contribution is -0.0217. The summed E-state index contributed by atoms with van der Waals surface area (Å²) in [6.07, 6.45) is 8.56. The van der Waals surface area contributed by atoms with E-state index in [-0.39, 0.29) is 34.5 Å². The number of nitrogens with zero attached hydrogens (tertiary/aromatic N) is 8. The summed E-state index contributed by atoms with van der Waals surface area (Å²) in [4.78, 5) is 9.15. The number of phenols is 1. The Morgan fingerprint density at radius 1 is 0.656 bits per heavy atom. The van der Waals surface area contributed by atoms with Gasteiger partial charge in [0.2, 0.25) is 12.8 Å². The van der Waals surface area contributed by atoms with Crippen molar-refractivity contribution >= 4 is 12.0 Å². The van der Waals surface area contributed by atoms with Gasteiger partial charge in [-0.3, -0.25) is 9.80 Å². The van der Waals surface area contributed by atoms with E-state index in [1.807, 2.05) is 35.2 Å². The number of halogens is 2. The number of likely N-dealkylation sites (tertiary alicyclic amines) is 2.